The van der Waals surface area contributed by atoms with E-state index in [0.717, 1.165) is 5.69 Å². The molecular weight excluding hydrogens is 172 g/mol. The maximum absolute atomic E-state index is 10.7. The van der Waals surface area contributed by atoms with Gasteiger partial charge in [-0.15, -0.1) is 0 Å². The highest BCUT2D eigenvalue weighted by molar-refractivity contribution is 5.87. The van der Waals surface area contributed by atoms with E-state index in [9.17, 15) is 9.90 Å². The first-order valence-electron chi connectivity index (χ1n) is 4.08. The van der Waals surface area contributed by atoms with Crippen LogP contribution in [-0.4, -0.2) is 26.0 Å². The van der Waals surface area contributed by atoms with E-state index in [-0.39, 0.29) is 5.69 Å². The summed E-state index contributed by atoms with van der Waals surface area (Å²) >= 11 is 0. The number of hydrogen-bond donors (Lipinski definition) is 2. The second-order valence-electron chi connectivity index (χ2n) is 3.19. The second-order valence-corrected chi connectivity index (χ2v) is 3.19. The first-order chi connectivity index (χ1) is 6.11. The Bertz CT molecular complexity index is 370. The van der Waals surface area contributed by atoms with Crippen molar-refractivity contribution < 1.29 is 15.0 Å². The van der Waals surface area contributed by atoms with Crippen molar-refractivity contribution in [2.75, 3.05) is 0 Å². The van der Waals surface area contributed by atoms with Gasteiger partial charge in [-0.3, -0.25) is 4.68 Å². The van der Waals surface area contributed by atoms with Crippen molar-refractivity contribution in [3.8, 4) is 0 Å². The van der Waals surface area contributed by atoms with Crippen molar-refractivity contribution in [1.29, 1.82) is 0 Å². The number of aryl methyl sites for hydroxylation is 1. The highest BCUT2D eigenvalue weighted by Gasteiger charge is 2.31. The first-order valence-corrected chi connectivity index (χ1v) is 4.08. The summed E-state index contributed by atoms with van der Waals surface area (Å²) in [6.07, 6.45) is 0.643. The van der Waals surface area contributed by atoms with Crippen LogP contribution < -0.4 is 0 Å². The van der Waals surface area contributed by atoms with E-state index in [0.29, 0.717) is 18.4 Å². The Morgan fingerprint density at radius 1 is 1.69 bits per heavy atom. The lowest BCUT2D eigenvalue weighted by Gasteiger charge is -1.99. The van der Waals surface area contributed by atoms with Crippen molar-refractivity contribution in [3.05, 3.63) is 17.0 Å². The molecule has 0 saturated heterocycles. The van der Waals surface area contributed by atoms with Crippen molar-refractivity contribution in [1.82, 2.24) is 9.78 Å². The maximum atomic E-state index is 10.7. The van der Waals surface area contributed by atoms with E-state index in [1.165, 1.54) is 4.68 Å². The molecule has 70 valence electrons. The van der Waals surface area contributed by atoms with Crippen LogP contribution in [0.4, 0.5) is 0 Å². The van der Waals surface area contributed by atoms with Gasteiger partial charge >= 0.3 is 5.97 Å². The molecule has 0 bridgehead atoms. The number of aliphatic hydroxyl groups excluding tert-OH is 1. The number of fused-ring (bicyclic) bond motifs is 1. The van der Waals surface area contributed by atoms with Gasteiger partial charge in [0.2, 0.25) is 0 Å². The maximum Gasteiger partial charge on any atom is 0.356 e. The van der Waals surface area contributed by atoms with Crippen LogP contribution in [0, 0.1) is 0 Å². The van der Waals surface area contributed by atoms with Gasteiger partial charge in [0.05, 0.1) is 6.10 Å². The van der Waals surface area contributed by atoms with E-state index in [1.807, 2.05) is 0 Å². The Balaban J connectivity index is 2.61. The molecule has 0 fully saturated rings. The van der Waals surface area contributed by atoms with E-state index in [4.69, 9.17) is 5.11 Å². The topological polar surface area (TPSA) is 75.4 Å². The summed E-state index contributed by atoms with van der Waals surface area (Å²) < 4.78 is 1.54. The summed E-state index contributed by atoms with van der Waals surface area (Å²) in [5, 5.41) is 22.1. The Morgan fingerprint density at radius 2 is 2.38 bits per heavy atom. The van der Waals surface area contributed by atoms with Crippen LogP contribution >= 0.6 is 0 Å². The third kappa shape index (κ3) is 1.04. The minimum Gasteiger partial charge on any atom is -0.476 e. The molecule has 5 heteroatoms. The highest BCUT2D eigenvalue weighted by Crippen LogP contribution is 2.33. The molecule has 1 aromatic rings. The zero-order valence-corrected chi connectivity index (χ0v) is 7.19. The minimum absolute atomic E-state index is 0.0116. The number of hydrogen-bond acceptors (Lipinski definition) is 3. The summed E-state index contributed by atoms with van der Waals surface area (Å²) in [6.45, 7) is 0. The molecule has 1 aromatic heterocycles. The Kier molecular flexibility index (Phi) is 1.63. The van der Waals surface area contributed by atoms with Crippen LogP contribution in [0.1, 0.15) is 34.3 Å². The number of carboxylic acids is 1. The molecule has 0 amide bonds. The molecule has 0 spiro atoms. The van der Waals surface area contributed by atoms with Gasteiger partial charge in [0.25, 0.3) is 0 Å². The van der Waals surface area contributed by atoms with E-state index < -0.39 is 12.1 Å². The van der Waals surface area contributed by atoms with Crippen LogP contribution in [0.5, 0.6) is 0 Å². The Hall–Kier alpha value is -1.36. The number of carboxylic acid groups (broad SMARTS) is 1. The first kappa shape index (κ1) is 8.25. The fraction of sp³-hybridized carbons (Fsp3) is 0.500. The molecule has 0 aromatic carbocycles. The molecule has 1 aliphatic carbocycles. The molecule has 1 aliphatic rings. The van der Waals surface area contributed by atoms with Crippen molar-refractivity contribution in [3.63, 3.8) is 0 Å². The molecule has 2 rings (SSSR count). The molecule has 2 N–H and O–H groups in total. The van der Waals surface area contributed by atoms with Gasteiger partial charge in [-0.25, -0.2) is 4.79 Å². The SMILES string of the molecule is Cn1nc(C(=O)O)c2c1CCC2O. The molecule has 0 aliphatic heterocycles. The van der Waals surface area contributed by atoms with Gasteiger partial charge in [0.1, 0.15) is 0 Å². The summed E-state index contributed by atoms with van der Waals surface area (Å²) in [4.78, 5) is 10.7. The van der Waals surface area contributed by atoms with Gasteiger partial charge in [-0.1, -0.05) is 0 Å². The van der Waals surface area contributed by atoms with Crippen LogP contribution in [-0.2, 0) is 13.5 Å². The fourth-order valence-corrected chi connectivity index (χ4v) is 1.80. The average Bonchev–Trinajstić information content (AvgIpc) is 2.55. The number of nitrogens with zero attached hydrogens (tertiary/aromatic N) is 2. The van der Waals surface area contributed by atoms with Crippen LogP contribution in [0.25, 0.3) is 0 Å². The van der Waals surface area contributed by atoms with Gasteiger partial charge in [0, 0.05) is 18.3 Å². The summed E-state index contributed by atoms with van der Waals surface area (Å²) in [5.41, 5.74) is 1.32. The molecule has 13 heavy (non-hydrogen) atoms. The quantitative estimate of drug-likeness (QED) is 0.645. The number of carbonyl (C=O) groups is 1. The number of aliphatic hydroxyl groups is 1. The smallest absolute Gasteiger partial charge is 0.356 e. The molecule has 0 radical (unpaired) electrons. The zero-order valence-electron chi connectivity index (χ0n) is 7.19. The highest BCUT2D eigenvalue weighted by atomic mass is 16.4. The lowest BCUT2D eigenvalue weighted by atomic mass is 10.1. The lowest BCUT2D eigenvalue weighted by molar-refractivity contribution is 0.0682. The van der Waals surface area contributed by atoms with Crippen LogP contribution in [0.2, 0.25) is 0 Å². The Labute approximate surface area is 74.6 Å². The minimum atomic E-state index is -1.07. The van der Waals surface area contributed by atoms with Crippen LogP contribution in [0.3, 0.4) is 0 Å². The van der Waals surface area contributed by atoms with E-state index >= 15 is 0 Å². The number of aromatic carboxylic acids is 1. The van der Waals surface area contributed by atoms with Gasteiger partial charge < -0.3 is 10.2 Å². The number of rotatable bonds is 1. The van der Waals surface area contributed by atoms with Crippen molar-refractivity contribution >= 4 is 5.97 Å². The van der Waals surface area contributed by atoms with E-state index in [1.54, 1.807) is 7.05 Å². The summed E-state index contributed by atoms with van der Waals surface area (Å²) in [6, 6.07) is 0. The largest absolute Gasteiger partial charge is 0.476 e. The molecule has 0 saturated carbocycles. The third-order valence-corrected chi connectivity index (χ3v) is 2.40. The fourth-order valence-electron chi connectivity index (χ4n) is 1.80. The molecule has 1 heterocycles. The Morgan fingerprint density at radius 3 is 3.00 bits per heavy atom. The number of aromatic nitrogens is 2. The van der Waals surface area contributed by atoms with Gasteiger partial charge in [0.15, 0.2) is 5.69 Å². The summed E-state index contributed by atoms with van der Waals surface area (Å²) in [7, 11) is 1.70. The average molecular weight is 182 g/mol. The van der Waals surface area contributed by atoms with Gasteiger partial charge in [-0.2, -0.15) is 5.10 Å². The lowest BCUT2D eigenvalue weighted by Crippen LogP contribution is -2.04. The monoisotopic (exact) mass is 182 g/mol. The third-order valence-electron chi connectivity index (χ3n) is 2.40. The molecule has 1 unspecified atom stereocenters. The molecular formula is C8H10N2O3. The van der Waals surface area contributed by atoms with Gasteiger partial charge in [-0.05, 0) is 12.8 Å². The second kappa shape index (κ2) is 2.56. The predicted octanol–water partition coefficient (Wildman–Crippen LogP) is 0.0979. The summed E-state index contributed by atoms with van der Waals surface area (Å²) in [5.74, 6) is -1.07. The van der Waals surface area contributed by atoms with E-state index in [2.05, 4.69) is 5.10 Å². The normalized spacial score (nSPS) is 20.3. The van der Waals surface area contributed by atoms with Crippen LogP contribution in [0.15, 0.2) is 0 Å². The van der Waals surface area contributed by atoms with Crippen molar-refractivity contribution in [2.24, 2.45) is 7.05 Å². The molecule has 1 atom stereocenters. The predicted molar refractivity (Wildman–Crippen MR) is 43.4 cm³/mol. The zero-order chi connectivity index (χ0) is 9.59. The standard InChI is InChI=1S/C8H10N2O3/c1-10-4-2-3-5(11)6(4)7(9-10)8(12)13/h5,11H,2-3H2,1H3,(H,12,13). The van der Waals surface area contributed by atoms with Crippen molar-refractivity contribution in [2.45, 2.75) is 18.9 Å². The molecule has 5 nitrogen and oxygen atoms in total.